The van der Waals surface area contributed by atoms with Gasteiger partial charge in [-0.1, -0.05) is 59.1 Å². The van der Waals surface area contributed by atoms with E-state index in [-0.39, 0.29) is 11.4 Å². The lowest BCUT2D eigenvalue weighted by molar-refractivity contribution is -0.123. The molecule has 1 fully saturated rings. The SMILES string of the molecule is Cc1ccc(C(=O)Oc2ccc(/C=C3\SC(=O)N(Cc4c(Cl)cccc4Cl)C3=O)cc2)cc1. The van der Waals surface area contributed by atoms with Crippen LogP contribution < -0.4 is 4.74 Å². The van der Waals surface area contributed by atoms with Crippen molar-refractivity contribution in [3.05, 3.63) is 104 Å². The summed E-state index contributed by atoms with van der Waals surface area (Å²) >= 11 is 13.2. The highest BCUT2D eigenvalue weighted by atomic mass is 35.5. The summed E-state index contributed by atoms with van der Waals surface area (Å²) < 4.78 is 5.39. The zero-order valence-electron chi connectivity index (χ0n) is 17.4. The molecule has 0 aromatic heterocycles. The monoisotopic (exact) mass is 497 g/mol. The summed E-state index contributed by atoms with van der Waals surface area (Å²) in [5.74, 6) is -0.503. The molecule has 1 saturated heterocycles. The number of ether oxygens (including phenoxy) is 1. The Bertz CT molecular complexity index is 1250. The summed E-state index contributed by atoms with van der Waals surface area (Å²) in [6, 6.07) is 18.8. The smallest absolute Gasteiger partial charge is 0.343 e. The van der Waals surface area contributed by atoms with Crippen LogP contribution in [-0.2, 0) is 11.3 Å². The van der Waals surface area contributed by atoms with Crippen molar-refractivity contribution in [3.63, 3.8) is 0 Å². The van der Waals surface area contributed by atoms with Gasteiger partial charge in [0.15, 0.2) is 0 Å². The van der Waals surface area contributed by atoms with Crippen LogP contribution in [-0.4, -0.2) is 22.0 Å². The van der Waals surface area contributed by atoms with E-state index in [0.717, 1.165) is 22.2 Å². The molecule has 8 heteroatoms. The van der Waals surface area contributed by atoms with Crippen LogP contribution in [0.4, 0.5) is 4.79 Å². The molecule has 0 unspecified atom stereocenters. The Morgan fingerprint density at radius 1 is 0.970 bits per heavy atom. The molecule has 3 aromatic carbocycles. The van der Waals surface area contributed by atoms with Crippen LogP contribution in [0.2, 0.25) is 10.0 Å². The van der Waals surface area contributed by atoms with Crippen LogP contribution >= 0.6 is 35.0 Å². The minimum Gasteiger partial charge on any atom is -0.423 e. The van der Waals surface area contributed by atoms with Crippen molar-refractivity contribution in [1.82, 2.24) is 4.90 Å². The van der Waals surface area contributed by atoms with Crippen molar-refractivity contribution in [1.29, 1.82) is 0 Å². The molecule has 0 spiro atoms. The van der Waals surface area contributed by atoms with Crippen LogP contribution in [0, 0.1) is 6.92 Å². The molecule has 1 aliphatic rings. The molecular weight excluding hydrogens is 481 g/mol. The third kappa shape index (κ3) is 5.30. The van der Waals surface area contributed by atoms with Gasteiger partial charge in [0.25, 0.3) is 11.1 Å². The van der Waals surface area contributed by atoms with E-state index in [2.05, 4.69) is 0 Å². The van der Waals surface area contributed by atoms with E-state index in [9.17, 15) is 14.4 Å². The number of halogens is 2. The number of nitrogens with zero attached hydrogens (tertiary/aromatic N) is 1. The van der Waals surface area contributed by atoms with E-state index >= 15 is 0 Å². The molecule has 0 N–H and O–H groups in total. The van der Waals surface area contributed by atoms with Crippen molar-refractivity contribution in [3.8, 4) is 5.75 Å². The number of thioether (sulfide) groups is 1. The molecule has 33 heavy (non-hydrogen) atoms. The predicted octanol–water partition coefficient (Wildman–Crippen LogP) is 6.76. The Morgan fingerprint density at radius 2 is 1.61 bits per heavy atom. The first-order valence-corrected chi connectivity index (χ1v) is 11.5. The fraction of sp³-hybridized carbons (Fsp3) is 0.0800. The predicted molar refractivity (Wildman–Crippen MR) is 131 cm³/mol. The second kappa shape index (κ2) is 9.83. The first kappa shape index (κ1) is 23.1. The number of hydrogen-bond acceptors (Lipinski definition) is 5. The number of rotatable bonds is 5. The maximum absolute atomic E-state index is 12.8. The fourth-order valence-electron chi connectivity index (χ4n) is 3.12. The zero-order chi connectivity index (χ0) is 23.5. The van der Waals surface area contributed by atoms with Gasteiger partial charge in [0.1, 0.15) is 5.75 Å². The summed E-state index contributed by atoms with van der Waals surface area (Å²) in [5, 5.41) is 0.383. The molecule has 4 rings (SSSR count). The van der Waals surface area contributed by atoms with E-state index in [1.807, 2.05) is 19.1 Å². The van der Waals surface area contributed by atoms with Crippen molar-refractivity contribution >= 4 is 58.2 Å². The summed E-state index contributed by atoms with van der Waals surface area (Å²) in [6.07, 6.45) is 1.62. The number of hydrogen-bond donors (Lipinski definition) is 0. The standard InChI is InChI=1S/C25H17Cl2NO4S/c1-15-5-9-17(10-6-15)24(30)32-18-11-7-16(8-12-18)13-22-23(29)28(25(31)33-22)14-19-20(26)3-2-4-21(19)27/h2-13H,14H2,1H3/b22-13-. The zero-order valence-corrected chi connectivity index (χ0v) is 19.7. The molecule has 2 amide bonds. The first-order valence-electron chi connectivity index (χ1n) is 9.89. The molecule has 0 aliphatic carbocycles. The maximum atomic E-state index is 12.8. The molecule has 166 valence electrons. The number of amides is 2. The van der Waals surface area contributed by atoms with Gasteiger partial charge in [0.05, 0.1) is 17.0 Å². The molecule has 0 atom stereocenters. The van der Waals surface area contributed by atoms with Crippen molar-refractivity contribution < 1.29 is 19.1 Å². The highest BCUT2D eigenvalue weighted by Gasteiger charge is 2.35. The molecule has 0 saturated carbocycles. The molecule has 3 aromatic rings. The maximum Gasteiger partial charge on any atom is 0.343 e. The largest absolute Gasteiger partial charge is 0.423 e. The normalized spacial score (nSPS) is 14.8. The molecular formula is C25H17Cl2NO4S. The average molecular weight is 498 g/mol. The van der Waals surface area contributed by atoms with Gasteiger partial charge in [-0.3, -0.25) is 14.5 Å². The highest BCUT2D eigenvalue weighted by molar-refractivity contribution is 8.18. The first-order chi connectivity index (χ1) is 15.8. The Balaban J connectivity index is 1.45. The summed E-state index contributed by atoms with van der Waals surface area (Å²) in [7, 11) is 0. The van der Waals surface area contributed by atoms with Crippen LogP contribution in [0.5, 0.6) is 5.75 Å². The minimum absolute atomic E-state index is 0.00554. The van der Waals surface area contributed by atoms with E-state index in [1.54, 1.807) is 60.7 Å². The van der Waals surface area contributed by atoms with Crippen LogP contribution in [0.3, 0.4) is 0 Å². The lowest BCUT2D eigenvalue weighted by Crippen LogP contribution is -2.27. The Labute approximate surface area is 204 Å². The Kier molecular flexibility index (Phi) is 6.88. The average Bonchev–Trinajstić information content (AvgIpc) is 3.05. The minimum atomic E-state index is -0.456. The summed E-state index contributed by atoms with van der Waals surface area (Å²) in [6.45, 7) is 1.93. The highest BCUT2D eigenvalue weighted by Crippen LogP contribution is 2.35. The van der Waals surface area contributed by atoms with Crippen LogP contribution in [0.1, 0.15) is 27.0 Å². The van der Waals surface area contributed by atoms with Gasteiger partial charge in [0, 0.05) is 15.6 Å². The molecule has 0 radical (unpaired) electrons. The third-order valence-electron chi connectivity index (χ3n) is 4.93. The molecule has 5 nitrogen and oxygen atoms in total. The number of benzene rings is 3. The van der Waals surface area contributed by atoms with Gasteiger partial charge >= 0.3 is 5.97 Å². The van der Waals surface area contributed by atoms with E-state index < -0.39 is 17.1 Å². The van der Waals surface area contributed by atoms with Gasteiger partial charge in [-0.05, 0) is 66.7 Å². The number of esters is 1. The van der Waals surface area contributed by atoms with E-state index in [1.165, 1.54) is 0 Å². The Morgan fingerprint density at radius 3 is 2.24 bits per heavy atom. The molecule has 1 heterocycles. The van der Waals surface area contributed by atoms with Gasteiger partial charge in [-0.15, -0.1) is 0 Å². The lowest BCUT2D eigenvalue weighted by atomic mass is 10.1. The van der Waals surface area contributed by atoms with Crippen molar-refractivity contribution in [2.45, 2.75) is 13.5 Å². The number of aryl methyl sites for hydroxylation is 1. The van der Waals surface area contributed by atoms with Crippen LogP contribution in [0.25, 0.3) is 6.08 Å². The van der Waals surface area contributed by atoms with Gasteiger partial charge in [0.2, 0.25) is 0 Å². The topological polar surface area (TPSA) is 63.7 Å². The van der Waals surface area contributed by atoms with Crippen LogP contribution in [0.15, 0.2) is 71.6 Å². The van der Waals surface area contributed by atoms with Gasteiger partial charge in [-0.25, -0.2) is 4.79 Å². The lowest BCUT2D eigenvalue weighted by Gasteiger charge is -2.14. The number of imide groups is 1. The van der Waals surface area contributed by atoms with E-state index in [4.69, 9.17) is 27.9 Å². The molecule has 1 aliphatic heterocycles. The second-order valence-corrected chi connectivity index (χ2v) is 9.10. The number of carbonyl (C=O) groups excluding carboxylic acids is 3. The quantitative estimate of drug-likeness (QED) is 0.221. The fourth-order valence-corrected chi connectivity index (χ4v) is 4.47. The number of carbonyl (C=O) groups is 3. The molecule has 0 bridgehead atoms. The summed E-state index contributed by atoms with van der Waals surface area (Å²) in [5.41, 5.74) is 2.71. The van der Waals surface area contributed by atoms with Gasteiger partial charge < -0.3 is 4.74 Å². The van der Waals surface area contributed by atoms with Gasteiger partial charge in [-0.2, -0.15) is 0 Å². The summed E-state index contributed by atoms with van der Waals surface area (Å²) in [4.78, 5) is 38.9. The third-order valence-corrected chi connectivity index (χ3v) is 6.54. The second-order valence-electron chi connectivity index (χ2n) is 7.29. The van der Waals surface area contributed by atoms with E-state index in [0.29, 0.717) is 32.5 Å². The van der Waals surface area contributed by atoms with Crippen molar-refractivity contribution in [2.24, 2.45) is 0 Å². The van der Waals surface area contributed by atoms with Crippen molar-refractivity contribution in [2.75, 3.05) is 0 Å². The Hall–Kier alpha value is -3.06.